The van der Waals surface area contributed by atoms with Gasteiger partial charge in [-0.3, -0.25) is 4.31 Å². The highest BCUT2D eigenvalue weighted by Crippen LogP contribution is 2.59. The van der Waals surface area contributed by atoms with Crippen LogP contribution in [-0.4, -0.2) is 59.4 Å². The van der Waals surface area contributed by atoms with Crippen LogP contribution in [0.3, 0.4) is 0 Å². The lowest BCUT2D eigenvalue weighted by molar-refractivity contribution is 0.496. The molecule has 0 spiro atoms. The van der Waals surface area contributed by atoms with Gasteiger partial charge in [0.25, 0.3) is 0 Å². The maximum atomic E-state index is 2.60. The Balaban J connectivity index is 4.75. The van der Waals surface area contributed by atoms with Gasteiger partial charge in [-0.15, -0.1) is 10.4 Å². The molecule has 0 bridgehead atoms. The Hall–Kier alpha value is 0.620. The van der Waals surface area contributed by atoms with Crippen molar-refractivity contribution in [3.63, 3.8) is 0 Å². The topological polar surface area (TPSA) is 6.48 Å². The van der Waals surface area contributed by atoms with Crippen LogP contribution in [0.4, 0.5) is 0 Å². The molecule has 0 N–H and O–H groups in total. The molecule has 90 valence electrons. The molecule has 0 aliphatic carbocycles. The minimum Gasteiger partial charge on any atom is -0.256 e. The first-order valence-electron chi connectivity index (χ1n) is 5.08. The minimum atomic E-state index is -0.755. The van der Waals surface area contributed by atoms with Crippen LogP contribution in [0, 0.1) is 0 Å². The number of hydrogen-bond acceptors (Lipinski definition) is 2. The van der Waals surface area contributed by atoms with Gasteiger partial charge >= 0.3 is 0 Å². The van der Waals surface area contributed by atoms with E-state index >= 15 is 0 Å². The third-order valence-corrected chi connectivity index (χ3v) is 9.76. The van der Waals surface area contributed by atoms with Crippen LogP contribution in [0.1, 0.15) is 13.8 Å². The van der Waals surface area contributed by atoms with E-state index in [1.54, 1.807) is 0 Å². The van der Waals surface area contributed by atoms with Crippen LogP contribution < -0.4 is 0 Å². The average Bonchev–Trinajstić information content (AvgIpc) is 2.03. The van der Waals surface area contributed by atoms with Crippen LogP contribution in [0.5, 0.6) is 0 Å². The summed E-state index contributed by atoms with van der Waals surface area (Å²) >= 11 is 0. The molecule has 0 radical (unpaired) electrons. The zero-order valence-electron chi connectivity index (χ0n) is 11.1. The van der Waals surface area contributed by atoms with Gasteiger partial charge in [-0.2, -0.15) is 10.2 Å². The van der Waals surface area contributed by atoms with E-state index < -0.39 is 20.6 Å². The predicted octanol–water partition coefficient (Wildman–Crippen LogP) is 2.76. The van der Waals surface area contributed by atoms with E-state index in [9.17, 15) is 0 Å². The van der Waals surface area contributed by atoms with Crippen molar-refractivity contribution in [2.75, 3.05) is 51.4 Å². The largest absolute Gasteiger partial charge is 0.256 e. The van der Waals surface area contributed by atoms with Gasteiger partial charge in [0.1, 0.15) is 0 Å². The van der Waals surface area contributed by atoms with Crippen LogP contribution in [0.2, 0.25) is 0 Å². The van der Waals surface area contributed by atoms with Gasteiger partial charge in [0, 0.05) is 20.1 Å². The Morgan fingerprint density at radius 1 is 0.857 bits per heavy atom. The van der Waals surface area contributed by atoms with E-state index in [2.05, 4.69) is 60.2 Å². The standard InChI is InChI=1S/C10H28N2S2/c1-9-12(10-2)14(7,8)11(3)13(4,5)6/h9-10H2,1-8H3. The molecule has 0 aliphatic rings. The summed E-state index contributed by atoms with van der Waals surface area (Å²) in [6.45, 7) is 6.81. The fourth-order valence-electron chi connectivity index (χ4n) is 1.57. The van der Waals surface area contributed by atoms with Crippen LogP contribution in [0.15, 0.2) is 0 Å². The van der Waals surface area contributed by atoms with Gasteiger partial charge in [0.15, 0.2) is 0 Å². The van der Waals surface area contributed by atoms with Crippen molar-refractivity contribution in [1.29, 1.82) is 0 Å². The lowest BCUT2D eigenvalue weighted by atomic mass is 10.7. The van der Waals surface area contributed by atoms with Crippen LogP contribution in [0.25, 0.3) is 0 Å². The molecule has 0 saturated heterocycles. The monoisotopic (exact) mass is 240 g/mol. The first-order chi connectivity index (χ1) is 6.17. The summed E-state index contributed by atoms with van der Waals surface area (Å²) in [6.07, 6.45) is 11.9. The molecule has 14 heavy (non-hydrogen) atoms. The van der Waals surface area contributed by atoms with Crippen molar-refractivity contribution in [3.05, 3.63) is 0 Å². The van der Waals surface area contributed by atoms with Gasteiger partial charge in [0.05, 0.1) is 0 Å². The summed E-state index contributed by atoms with van der Waals surface area (Å²) in [6, 6.07) is 0. The van der Waals surface area contributed by atoms with Crippen LogP contribution in [-0.2, 0) is 0 Å². The smallest absolute Gasteiger partial charge is 0.00666 e. The van der Waals surface area contributed by atoms with Gasteiger partial charge in [-0.05, 0) is 31.3 Å². The van der Waals surface area contributed by atoms with Crippen molar-refractivity contribution in [1.82, 2.24) is 8.02 Å². The van der Waals surface area contributed by atoms with Gasteiger partial charge < -0.3 is 0 Å². The third kappa shape index (κ3) is 3.33. The highest BCUT2D eigenvalue weighted by Gasteiger charge is 2.28. The molecule has 0 heterocycles. The lowest BCUT2D eigenvalue weighted by Gasteiger charge is -2.55. The van der Waals surface area contributed by atoms with E-state index in [0.29, 0.717) is 0 Å². The van der Waals surface area contributed by atoms with E-state index in [0.717, 1.165) is 13.1 Å². The maximum Gasteiger partial charge on any atom is 0.00666 e. The zero-order valence-corrected chi connectivity index (χ0v) is 12.8. The molecular formula is C10H28N2S2. The summed E-state index contributed by atoms with van der Waals surface area (Å²) in [7, 11) is 0.929. The summed E-state index contributed by atoms with van der Waals surface area (Å²) in [4.78, 5) is 0. The molecule has 0 aromatic carbocycles. The second-order valence-corrected chi connectivity index (χ2v) is 12.4. The summed E-state index contributed by atoms with van der Waals surface area (Å²) < 4.78 is 5.19. The fourth-order valence-corrected chi connectivity index (χ4v) is 7.81. The molecule has 0 fully saturated rings. The summed E-state index contributed by atoms with van der Waals surface area (Å²) in [5, 5.41) is 0. The van der Waals surface area contributed by atoms with Crippen LogP contribution >= 0.6 is 20.6 Å². The van der Waals surface area contributed by atoms with E-state index in [1.165, 1.54) is 0 Å². The molecule has 0 unspecified atom stereocenters. The van der Waals surface area contributed by atoms with Crippen molar-refractivity contribution in [2.24, 2.45) is 0 Å². The van der Waals surface area contributed by atoms with Crippen molar-refractivity contribution >= 4 is 20.6 Å². The molecule has 0 aromatic heterocycles. The Morgan fingerprint density at radius 2 is 1.21 bits per heavy atom. The molecular weight excluding hydrogens is 212 g/mol. The van der Waals surface area contributed by atoms with E-state index in [4.69, 9.17) is 0 Å². The molecule has 0 rings (SSSR count). The lowest BCUT2D eigenvalue weighted by Crippen LogP contribution is -2.37. The normalized spacial score (nSPS) is 16.4. The number of hydrogen-bond donors (Lipinski definition) is 0. The molecule has 0 saturated carbocycles. The molecule has 2 nitrogen and oxygen atoms in total. The second-order valence-electron chi connectivity index (χ2n) is 4.55. The third-order valence-electron chi connectivity index (χ3n) is 2.74. The highest BCUT2D eigenvalue weighted by molar-refractivity contribution is 8.43. The van der Waals surface area contributed by atoms with Gasteiger partial charge in [0.2, 0.25) is 0 Å². The van der Waals surface area contributed by atoms with E-state index in [1.807, 2.05) is 0 Å². The number of rotatable bonds is 5. The van der Waals surface area contributed by atoms with Gasteiger partial charge in [-0.1, -0.05) is 13.8 Å². The first-order valence-corrected chi connectivity index (χ1v) is 10.3. The SMILES string of the molecule is CCN(CC)S(C)(C)N(C)S(C)(C)C. The molecule has 0 aliphatic heterocycles. The van der Waals surface area contributed by atoms with Crippen molar-refractivity contribution in [3.8, 4) is 0 Å². The molecule has 0 aromatic rings. The van der Waals surface area contributed by atoms with Crippen molar-refractivity contribution in [2.45, 2.75) is 13.8 Å². The van der Waals surface area contributed by atoms with Crippen molar-refractivity contribution < 1.29 is 0 Å². The minimum absolute atomic E-state index is 0.597. The fraction of sp³-hybridized carbons (Fsp3) is 1.00. The van der Waals surface area contributed by atoms with E-state index in [-0.39, 0.29) is 0 Å². The predicted molar refractivity (Wildman–Crippen MR) is 75.5 cm³/mol. The first kappa shape index (κ1) is 14.6. The number of nitrogens with zero attached hydrogens (tertiary/aromatic N) is 2. The maximum absolute atomic E-state index is 2.60. The second kappa shape index (κ2) is 5.10. The summed E-state index contributed by atoms with van der Waals surface area (Å²) in [5.74, 6) is 0. The molecule has 0 atom stereocenters. The molecule has 0 amide bonds. The zero-order chi connectivity index (χ0) is 11.6. The molecule has 4 heteroatoms. The average molecular weight is 240 g/mol. The quantitative estimate of drug-likeness (QED) is 0.729. The summed E-state index contributed by atoms with van der Waals surface area (Å²) in [5.41, 5.74) is 0. The Morgan fingerprint density at radius 3 is 1.43 bits per heavy atom. The highest BCUT2D eigenvalue weighted by atomic mass is 32.3. The van der Waals surface area contributed by atoms with Gasteiger partial charge in [-0.25, -0.2) is 3.71 Å². The Bertz CT molecular complexity index is 171. The Kier molecular flexibility index (Phi) is 5.33. The Labute approximate surface area is 94.1 Å².